The molecule has 0 atom stereocenters. The number of carbonyl (C=O) groups excluding carboxylic acids is 1. The second-order valence-electron chi connectivity index (χ2n) is 3.92. The molecule has 0 spiro atoms. The first-order chi connectivity index (χ1) is 11.1. The lowest BCUT2D eigenvalue weighted by Crippen LogP contribution is -1.69. The summed E-state index contributed by atoms with van der Waals surface area (Å²) in [6.45, 7) is 15.3. The molecule has 23 heavy (non-hydrogen) atoms. The molecule has 2 aromatic carbocycles. The van der Waals surface area contributed by atoms with E-state index in [0.717, 1.165) is 0 Å². The molecule has 0 aliphatic carbocycles. The summed E-state index contributed by atoms with van der Waals surface area (Å²) >= 11 is 0. The average molecular weight is 319 g/mol. The summed E-state index contributed by atoms with van der Waals surface area (Å²) < 4.78 is 0. The Balaban J connectivity index is -0.000000101. The van der Waals surface area contributed by atoms with Crippen LogP contribution in [0.4, 0.5) is 0 Å². The number of rotatable bonds is 0. The number of hydrogen-bond acceptors (Lipinski definition) is 1. The normalized spacial score (nSPS) is 6.61. The second-order valence-corrected chi connectivity index (χ2v) is 3.92. The highest BCUT2D eigenvalue weighted by Gasteiger charge is 1.62. The van der Waals surface area contributed by atoms with Gasteiger partial charge in [-0.25, -0.2) is 0 Å². The zero-order valence-electron chi connectivity index (χ0n) is 16.5. The Labute approximate surface area is 145 Å². The summed E-state index contributed by atoms with van der Waals surface area (Å²) in [5.74, 6) is 0.167. The van der Waals surface area contributed by atoms with Gasteiger partial charge < -0.3 is 4.79 Å². The lowest BCUT2D eigenvalue weighted by atomic mass is 10.4. The zero-order chi connectivity index (χ0) is 18.8. The van der Waals surface area contributed by atoms with Crippen molar-refractivity contribution in [1.29, 1.82) is 0 Å². The topological polar surface area (TPSA) is 17.1 Å². The Hall–Kier alpha value is -1.89. The molecule has 1 heteroatoms. The molecule has 0 N–H and O–H groups in total. The zero-order valence-corrected chi connectivity index (χ0v) is 16.5. The molecule has 0 unspecified atom stereocenters. The summed E-state index contributed by atoms with van der Waals surface area (Å²) in [6.07, 6.45) is 1.25. The molecular formula is C22H38O. The van der Waals surface area contributed by atoms with Crippen molar-refractivity contribution in [1.82, 2.24) is 0 Å². The third-order valence-electron chi connectivity index (χ3n) is 1.33. The average Bonchev–Trinajstić information content (AvgIpc) is 2.62. The highest BCUT2D eigenvalue weighted by atomic mass is 16.1. The molecule has 2 aromatic rings. The predicted octanol–water partition coefficient (Wildman–Crippen LogP) is 7.44. The minimum atomic E-state index is 0.167. The minimum absolute atomic E-state index is 0.167. The van der Waals surface area contributed by atoms with E-state index >= 15 is 0 Å². The number of hydrogen-bond donors (Lipinski definition) is 0. The van der Waals surface area contributed by atoms with Crippen molar-refractivity contribution in [3.05, 3.63) is 72.8 Å². The van der Waals surface area contributed by atoms with Crippen LogP contribution in [-0.4, -0.2) is 5.78 Å². The van der Waals surface area contributed by atoms with Gasteiger partial charge in [0.15, 0.2) is 0 Å². The van der Waals surface area contributed by atoms with Crippen LogP contribution in [0.15, 0.2) is 72.8 Å². The molecule has 1 nitrogen and oxygen atoms in total. The van der Waals surface area contributed by atoms with Gasteiger partial charge >= 0.3 is 0 Å². The van der Waals surface area contributed by atoms with E-state index in [1.54, 1.807) is 0 Å². The smallest absolute Gasteiger partial charge is 0.126 e. The first kappa shape index (κ1) is 29.2. The van der Waals surface area contributed by atoms with Crippen LogP contribution < -0.4 is 0 Å². The van der Waals surface area contributed by atoms with Gasteiger partial charge in [-0.2, -0.15) is 0 Å². The number of benzene rings is 2. The maximum Gasteiger partial charge on any atom is 0.126 e. The maximum atomic E-state index is 9.44. The fourth-order valence-corrected chi connectivity index (χ4v) is 0.770. The van der Waals surface area contributed by atoms with Crippen molar-refractivity contribution in [3.63, 3.8) is 0 Å². The van der Waals surface area contributed by atoms with Gasteiger partial charge in [-0.3, -0.25) is 0 Å². The molecule has 0 heterocycles. The minimum Gasteiger partial charge on any atom is -0.300 e. The molecule has 132 valence electrons. The molecule has 0 amide bonds. The molecule has 0 aromatic heterocycles. The fraction of sp³-hybridized carbons (Fsp3) is 0.409. The van der Waals surface area contributed by atoms with E-state index in [-0.39, 0.29) is 5.78 Å². The standard InChI is InChI=1S/2C6H6.C3H6O.C3H8.2C2H6/c2*1-2-4-6-5-3-1;1-3(2)4;1-3-2;2*1-2/h2*1-6H;1-2H3;3H2,1-2H3;2*1-2H3. The van der Waals surface area contributed by atoms with Crippen molar-refractivity contribution < 1.29 is 4.79 Å². The van der Waals surface area contributed by atoms with E-state index in [9.17, 15) is 4.79 Å². The number of carbonyl (C=O) groups is 1. The Morgan fingerprint density at radius 1 is 0.522 bits per heavy atom. The Morgan fingerprint density at radius 3 is 0.609 bits per heavy atom. The van der Waals surface area contributed by atoms with E-state index in [4.69, 9.17) is 0 Å². The van der Waals surface area contributed by atoms with Gasteiger partial charge in [-0.15, -0.1) is 0 Å². The van der Waals surface area contributed by atoms with Gasteiger partial charge in [0.1, 0.15) is 5.78 Å². The molecule has 0 fully saturated rings. The van der Waals surface area contributed by atoms with E-state index in [0.29, 0.717) is 0 Å². The summed E-state index contributed by atoms with van der Waals surface area (Å²) in [4.78, 5) is 9.44. The van der Waals surface area contributed by atoms with Gasteiger partial charge in [-0.1, -0.05) is 121 Å². The van der Waals surface area contributed by atoms with Crippen molar-refractivity contribution in [2.45, 2.75) is 61.8 Å². The van der Waals surface area contributed by atoms with Crippen LogP contribution in [0.25, 0.3) is 0 Å². The van der Waals surface area contributed by atoms with Crippen molar-refractivity contribution in [3.8, 4) is 0 Å². The third kappa shape index (κ3) is 64.5. The Kier molecular flexibility index (Phi) is 46.8. The van der Waals surface area contributed by atoms with Crippen LogP contribution in [0.5, 0.6) is 0 Å². The first-order valence-corrected chi connectivity index (χ1v) is 8.62. The largest absolute Gasteiger partial charge is 0.300 e. The van der Waals surface area contributed by atoms with Crippen molar-refractivity contribution >= 4 is 5.78 Å². The van der Waals surface area contributed by atoms with Gasteiger partial charge in [0.2, 0.25) is 0 Å². The summed E-state index contributed by atoms with van der Waals surface area (Å²) in [7, 11) is 0. The Morgan fingerprint density at radius 2 is 0.565 bits per heavy atom. The third-order valence-corrected chi connectivity index (χ3v) is 1.33. The van der Waals surface area contributed by atoms with Crippen LogP contribution in [0.2, 0.25) is 0 Å². The van der Waals surface area contributed by atoms with Crippen molar-refractivity contribution in [2.24, 2.45) is 0 Å². The van der Waals surface area contributed by atoms with Gasteiger partial charge in [0, 0.05) is 0 Å². The van der Waals surface area contributed by atoms with Gasteiger partial charge in [-0.05, 0) is 13.8 Å². The molecule has 2 rings (SSSR count). The monoisotopic (exact) mass is 318 g/mol. The van der Waals surface area contributed by atoms with E-state index in [1.807, 2.05) is 100 Å². The quantitative estimate of drug-likeness (QED) is 0.493. The van der Waals surface area contributed by atoms with Crippen LogP contribution in [-0.2, 0) is 4.79 Å². The SMILES string of the molecule is CC.CC.CC(C)=O.CCC.c1ccccc1.c1ccccc1. The highest BCUT2D eigenvalue weighted by molar-refractivity contribution is 5.72. The van der Waals surface area contributed by atoms with E-state index < -0.39 is 0 Å². The maximum absolute atomic E-state index is 9.44. The fourth-order valence-electron chi connectivity index (χ4n) is 0.770. The Bertz CT molecular complexity index is 265. The highest BCUT2D eigenvalue weighted by Crippen LogP contribution is 1.80. The van der Waals surface area contributed by atoms with E-state index in [2.05, 4.69) is 13.8 Å². The number of Topliss-reactive ketones (excluding diaryl/α,β-unsaturated/α-hetero) is 1. The van der Waals surface area contributed by atoms with Crippen LogP contribution in [0, 0.1) is 0 Å². The molecule has 0 saturated heterocycles. The number of ketones is 1. The molecule has 0 radical (unpaired) electrons. The van der Waals surface area contributed by atoms with Crippen LogP contribution >= 0.6 is 0 Å². The molecule has 0 aliphatic heterocycles. The lowest BCUT2D eigenvalue weighted by Gasteiger charge is -1.69. The lowest BCUT2D eigenvalue weighted by molar-refractivity contribution is -0.114. The second kappa shape index (κ2) is 36.9. The molecule has 0 aliphatic rings. The first-order valence-electron chi connectivity index (χ1n) is 8.62. The summed E-state index contributed by atoms with van der Waals surface area (Å²) in [5, 5.41) is 0. The molecular weight excluding hydrogens is 280 g/mol. The van der Waals surface area contributed by atoms with Gasteiger partial charge in [0.25, 0.3) is 0 Å². The van der Waals surface area contributed by atoms with Crippen LogP contribution in [0.3, 0.4) is 0 Å². The van der Waals surface area contributed by atoms with Crippen LogP contribution in [0.1, 0.15) is 61.8 Å². The molecule has 0 saturated carbocycles. The van der Waals surface area contributed by atoms with E-state index in [1.165, 1.54) is 20.3 Å². The summed E-state index contributed by atoms with van der Waals surface area (Å²) in [6, 6.07) is 24.0. The summed E-state index contributed by atoms with van der Waals surface area (Å²) in [5.41, 5.74) is 0. The predicted molar refractivity (Wildman–Crippen MR) is 108 cm³/mol. The molecule has 0 bridgehead atoms. The van der Waals surface area contributed by atoms with Gasteiger partial charge in [0.05, 0.1) is 0 Å². The van der Waals surface area contributed by atoms with Crippen molar-refractivity contribution in [2.75, 3.05) is 0 Å².